The van der Waals surface area contributed by atoms with E-state index in [-0.39, 0.29) is 12.0 Å². The van der Waals surface area contributed by atoms with E-state index in [1.165, 1.54) is 0 Å². The lowest BCUT2D eigenvalue weighted by molar-refractivity contribution is 0.0323. The molecule has 1 aromatic heterocycles. The predicted octanol–water partition coefficient (Wildman–Crippen LogP) is 1.97. The summed E-state index contributed by atoms with van der Waals surface area (Å²) < 4.78 is 0. The van der Waals surface area contributed by atoms with Gasteiger partial charge in [-0.05, 0) is 17.7 Å². The normalized spacial score (nSPS) is 21.0. The first kappa shape index (κ1) is 15.9. The number of benzene rings is 1. The zero-order valence-electron chi connectivity index (χ0n) is 14.1. The van der Waals surface area contributed by atoms with Crippen LogP contribution in [-0.4, -0.2) is 65.2 Å². The maximum absolute atomic E-state index is 12.3. The molecule has 6 nitrogen and oxygen atoms in total. The number of piperazine rings is 1. The van der Waals surface area contributed by atoms with Crippen LogP contribution in [0, 0.1) is 0 Å². The summed E-state index contributed by atoms with van der Waals surface area (Å²) >= 11 is 0. The summed E-state index contributed by atoms with van der Waals surface area (Å²) in [6, 6.07) is 13.8. The Morgan fingerprint density at radius 1 is 1.12 bits per heavy atom. The summed E-state index contributed by atoms with van der Waals surface area (Å²) in [4.78, 5) is 25.2. The first-order valence-electron chi connectivity index (χ1n) is 8.73. The SMILES string of the molecule is O=C(c1ccc[nH]1)N1CCN(CC2CC(c3ccccc3)=NO2)CC1. The van der Waals surface area contributed by atoms with Gasteiger partial charge in [0.25, 0.3) is 5.91 Å². The number of aromatic nitrogens is 1. The van der Waals surface area contributed by atoms with Gasteiger partial charge in [-0.1, -0.05) is 35.5 Å². The molecule has 1 atom stereocenters. The predicted molar refractivity (Wildman–Crippen MR) is 95.6 cm³/mol. The Morgan fingerprint density at radius 2 is 1.92 bits per heavy atom. The number of rotatable bonds is 4. The summed E-state index contributed by atoms with van der Waals surface area (Å²) in [7, 11) is 0. The smallest absolute Gasteiger partial charge is 0.270 e. The number of nitrogens with zero attached hydrogens (tertiary/aromatic N) is 3. The highest BCUT2D eigenvalue weighted by Crippen LogP contribution is 2.18. The first-order chi connectivity index (χ1) is 12.3. The summed E-state index contributed by atoms with van der Waals surface area (Å²) in [5, 5.41) is 4.25. The lowest BCUT2D eigenvalue weighted by Crippen LogP contribution is -2.50. The van der Waals surface area contributed by atoms with E-state index in [1.807, 2.05) is 35.2 Å². The van der Waals surface area contributed by atoms with Crippen molar-refractivity contribution in [3.05, 3.63) is 59.9 Å². The molecule has 2 aliphatic rings. The molecule has 0 radical (unpaired) electrons. The van der Waals surface area contributed by atoms with Gasteiger partial charge in [0.05, 0.1) is 5.71 Å². The Hall–Kier alpha value is -2.60. The van der Waals surface area contributed by atoms with Crippen LogP contribution in [-0.2, 0) is 4.84 Å². The van der Waals surface area contributed by atoms with Gasteiger partial charge in [0, 0.05) is 45.3 Å². The van der Waals surface area contributed by atoms with Gasteiger partial charge in [0.15, 0.2) is 0 Å². The van der Waals surface area contributed by atoms with Crippen molar-refractivity contribution >= 4 is 11.6 Å². The number of carbonyl (C=O) groups is 1. The molecular weight excluding hydrogens is 316 g/mol. The Bertz CT molecular complexity index is 734. The molecule has 0 aliphatic carbocycles. The van der Waals surface area contributed by atoms with Gasteiger partial charge >= 0.3 is 0 Å². The fourth-order valence-electron chi connectivity index (χ4n) is 3.38. The van der Waals surface area contributed by atoms with Crippen molar-refractivity contribution in [1.82, 2.24) is 14.8 Å². The molecule has 1 fully saturated rings. The van der Waals surface area contributed by atoms with Crippen LogP contribution in [0.2, 0.25) is 0 Å². The number of nitrogens with one attached hydrogen (secondary N) is 1. The number of hydrogen-bond donors (Lipinski definition) is 1. The quantitative estimate of drug-likeness (QED) is 0.927. The largest absolute Gasteiger partial charge is 0.390 e. The summed E-state index contributed by atoms with van der Waals surface area (Å²) in [5.74, 6) is 0.0801. The number of H-pyrrole nitrogens is 1. The molecule has 1 amide bonds. The van der Waals surface area contributed by atoms with Crippen LogP contribution in [0.15, 0.2) is 53.8 Å². The minimum atomic E-state index is 0.0801. The number of oxime groups is 1. The molecule has 4 rings (SSSR count). The van der Waals surface area contributed by atoms with Crippen LogP contribution >= 0.6 is 0 Å². The van der Waals surface area contributed by atoms with E-state index in [0.29, 0.717) is 5.69 Å². The molecule has 6 heteroatoms. The molecule has 130 valence electrons. The fraction of sp³-hybridized carbons (Fsp3) is 0.368. The van der Waals surface area contributed by atoms with Gasteiger partial charge in [-0.15, -0.1) is 0 Å². The standard InChI is InChI=1S/C19H22N4O2/c24-19(17-7-4-8-20-17)23-11-9-22(10-12-23)14-16-13-18(21-25-16)15-5-2-1-3-6-15/h1-8,16,20H,9-14H2. The zero-order chi connectivity index (χ0) is 17.1. The van der Waals surface area contributed by atoms with Crippen LogP contribution in [0.5, 0.6) is 0 Å². The monoisotopic (exact) mass is 338 g/mol. The van der Waals surface area contributed by atoms with Crippen molar-refractivity contribution in [2.24, 2.45) is 5.16 Å². The van der Waals surface area contributed by atoms with Gasteiger partial charge in [-0.3, -0.25) is 9.69 Å². The molecule has 3 heterocycles. The minimum absolute atomic E-state index is 0.0801. The van der Waals surface area contributed by atoms with Gasteiger partial charge < -0.3 is 14.7 Å². The van der Waals surface area contributed by atoms with Crippen molar-refractivity contribution in [3.8, 4) is 0 Å². The lowest BCUT2D eigenvalue weighted by atomic mass is 10.0. The van der Waals surface area contributed by atoms with E-state index in [2.05, 4.69) is 27.2 Å². The Balaban J connectivity index is 1.25. The van der Waals surface area contributed by atoms with Crippen LogP contribution in [0.3, 0.4) is 0 Å². The fourth-order valence-corrected chi connectivity index (χ4v) is 3.38. The van der Waals surface area contributed by atoms with Crippen molar-refractivity contribution in [2.75, 3.05) is 32.7 Å². The van der Waals surface area contributed by atoms with Crippen LogP contribution in [0.25, 0.3) is 0 Å². The number of aromatic amines is 1. The third-order valence-electron chi connectivity index (χ3n) is 4.79. The first-order valence-corrected chi connectivity index (χ1v) is 8.73. The average Bonchev–Trinajstić information content (AvgIpc) is 3.35. The molecule has 0 spiro atoms. The maximum Gasteiger partial charge on any atom is 0.270 e. The second-order valence-electron chi connectivity index (χ2n) is 6.51. The second-order valence-corrected chi connectivity index (χ2v) is 6.51. The molecule has 2 aromatic rings. The van der Waals surface area contributed by atoms with Gasteiger partial charge in [0.1, 0.15) is 11.8 Å². The van der Waals surface area contributed by atoms with E-state index in [1.54, 1.807) is 6.20 Å². The van der Waals surface area contributed by atoms with Crippen molar-refractivity contribution in [3.63, 3.8) is 0 Å². The zero-order valence-corrected chi connectivity index (χ0v) is 14.1. The third-order valence-corrected chi connectivity index (χ3v) is 4.79. The molecule has 1 aromatic carbocycles. The van der Waals surface area contributed by atoms with E-state index in [4.69, 9.17) is 4.84 Å². The Morgan fingerprint density at radius 3 is 2.64 bits per heavy atom. The van der Waals surface area contributed by atoms with Crippen LogP contribution in [0.4, 0.5) is 0 Å². The third kappa shape index (κ3) is 3.58. The van der Waals surface area contributed by atoms with Crippen molar-refractivity contribution < 1.29 is 9.63 Å². The molecule has 1 unspecified atom stereocenters. The molecule has 0 bridgehead atoms. The van der Waals surface area contributed by atoms with E-state index < -0.39 is 0 Å². The summed E-state index contributed by atoms with van der Waals surface area (Å²) in [5.41, 5.74) is 2.81. The van der Waals surface area contributed by atoms with Gasteiger partial charge in [0.2, 0.25) is 0 Å². The lowest BCUT2D eigenvalue weighted by Gasteiger charge is -2.35. The Labute approximate surface area is 147 Å². The molecule has 25 heavy (non-hydrogen) atoms. The number of carbonyl (C=O) groups excluding carboxylic acids is 1. The van der Waals surface area contributed by atoms with E-state index in [9.17, 15) is 4.79 Å². The van der Waals surface area contributed by atoms with E-state index >= 15 is 0 Å². The number of amides is 1. The number of hydrogen-bond acceptors (Lipinski definition) is 4. The summed E-state index contributed by atoms with van der Waals surface area (Å²) in [6.07, 6.45) is 2.72. The molecule has 2 aliphatic heterocycles. The average molecular weight is 338 g/mol. The molecule has 0 saturated carbocycles. The second kappa shape index (κ2) is 7.11. The van der Waals surface area contributed by atoms with Gasteiger partial charge in [-0.25, -0.2) is 0 Å². The molecular formula is C19H22N4O2. The molecule has 1 saturated heterocycles. The van der Waals surface area contributed by atoms with Gasteiger partial charge in [-0.2, -0.15) is 0 Å². The summed E-state index contributed by atoms with van der Waals surface area (Å²) in [6.45, 7) is 4.08. The van der Waals surface area contributed by atoms with Crippen molar-refractivity contribution in [2.45, 2.75) is 12.5 Å². The van der Waals surface area contributed by atoms with E-state index in [0.717, 1.165) is 50.4 Å². The van der Waals surface area contributed by atoms with Crippen LogP contribution < -0.4 is 0 Å². The highest BCUT2D eigenvalue weighted by atomic mass is 16.6. The maximum atomic E-state index is 12.3. The van der Waals surface area contributed by atoms with Crippen molar-refractivity contribution in [1.29, 1.82) is 0 Å². The highest BCUT2D eigenvalue weighted by molar-refractivity contribution is 6.01. The highest BCUT2D eigenvalue weighted by Gasteiger charge is 2.28. The topological polar surface area (TPSA) is 60.9 Å². The minimum Gasteiger partial charge on any atom is -0.390 e. The Kier molecular flexibility index (Phi) is 4.52. The molecule has 1 N–H and O–H groups in total. The van der Waals surface area contributed by atoms with Crippen LogP contribution in [0.1, 0.15) is 22.5 Å².